The van der Waals surface area contributed by atoms with Gasteiger partial charge in [-0.3, -0.25) is 0 Å². The van der Waals surface area contributed by atoms with Gasteiger partial charge in [-0.15, -0.1) is 0 Å². The minimum atomic E-state index is -2.64. The molecule has 0 amide bonds. The molecule has 0 radical (unpaired) electrons. The van der Waals surface area contributed by atoms with Gasteiger partial charge < -0.3 is 15.0 Å². The maximum Gasteiger partial charge on any atom is 0.154 e. The van der Waals surface area contributed by atoms with Gasteiger partial charge in [-0.1, -0.05) is 51.3 Å². The molecule has 124 valence electrons. The van der Waals surface area contributed by atoms with Crippen LogP contribution in [0.2, 0.25) is 10.0 Å². The second kappa shape index (κ2) is 8.06. The van der Waals surface area contributed by atoms with Gasteiger partial charge in [0.1, 0.15) is 11.6 Å². The second-order valence-corrected chi connectivity index (χ2v) is 5.07. The highest BCUT2D eigenvalue weighted by molar-refractivity contribution is 9.08. The third-order valence-corrected chi connectivity index (χ3v) is 3.55. The summed E-state index contributed by atoms with van der Waals surface area (Å²) >= 11 is 14.1. The third-order valence-electron chi connectivity index (χ3n) is 2.97. The van der Waals surface area contributed by atoms with Crippen molar-refractivity contribution in [3.63, 3.8) is 0 Å². The monoisotopic (exact) mass is 425 g/mol. The van der Waals surface area contributed by atoms with E-state index >= 15 is 0 Å². The lowest BCUT2D eigenvalue weighted by Gasteiger charge is -2.30. The first-order valence-corrected chi connectivity index (χ1v) is 8.33. The van der Waals surface area contributed by atoms with Crippen LogP contribution in [-0.4, -0.2) is 16.9 Å². The molecular formula is C15H10BrCl2F2O3-. The zero-order valence-corrected chi connectivity index (χ0v) is 14.7. The van der Waals surface area contributed by atoms with Crippen LogP contribution >= 0.6 is 39.1 Å². The molecule has 1 N–H and O–H groups in total. The van der Waals surface area contributed by atoms with Crippen LogP contribution in [-0.2, 0) is 10.4 Å². The van der Waals surface area contributed by atoms with Gasteiger partial charge >= 0.3 is 0 Å². The SMILES string of the molecule is CBr.O=C([O-])C(O)(c1ccc(F)c(Cl)c1)c1ccc(F)c(Cl)c1. The van der Waals surface area contributed by atoms with Gasteiger partial charge in [0.2, 0.25) is 0 Å². The van der Waals surface area contributed by atoms with E-state index in [4.69, 9.17) is 23.2 Å². The molecule has 0 spiro atoms. The molecule has 2 aromatic carbocycles. The van der Waals surface area contributed by atoms with Crippen LogP contribution in [0.3, 0.4) is 0 Å². The molecule has 0 atom stereocenters. The van der Waals surface area contributed by atoms with Crippen molar-refractivity contribution in [2.75, 3.05) is 5.83 Å². The van der Waals surface area contributed by atoms with E-state index in [1.807, 2.05) is 5.83 Å². The van der Waals surface area contributed by atoms with Gasteiger partial charge in [-0.2, -0.15) is 0 Å². The van der Waals surface area contributed by atoms with Crippen LogP contribution in [0.1, 0.15) is 11.1 Å². The van der Waals surface area contributed by atoms with E-state index in [-0.39, 0.29) is 21.2 Å². The topological polar surface area (TPSA) is 60.4 Å². The van der Waals surface area contributed by atoms with Crippen molar-refractivity contribution in [3.05, 3.63) is 69.2 Å². The number of benzene rings is 2. The highest BCUT2D eigenvalue weighted by atomic mass is 79.9. The van der Waals surface area contributed by atoms with Crippen molar-refractivity contribution in [3.8, 4) is 0 Å². The molecule has 0 aromatic heterocycles. The molecule has 0 saturated carbocycles. The molecule has 2 aromatic rings. The molecule has 0 aliphatic carbocycles. The van der Waals surface area contributed by atoms with E-state index in [0.29, 0.717) is 0 Å². The van der Waals surface area contributed by atoms with Crippen molar-refractivity contribution in [1.29, 1.82) is 0 Å². The van der Waals surface area contributed by atoms with Gasteiger partial charge in [-0.05, 0) is 41.2 Å². The molecular weight excluding hydrogens is 417 g/mol. The van der Waals surface area contributed by atoms with Crippen LogP contribution < -0.4 is 5.11 Å². The van der Waals surface area contributed by atoms with Gasteiger partial charge in [-0.25, -0.2) is 8.78 Å². The molecule has 8 heteroatoms. The van der Waals surface area contributed by atoms with E-state index in [0.717, 1.165) is 36.4 Å². The molecule has 0 bridgehead atoms. The minimum absolute atomic E-state index is 0.239. The minimum Gasteiger partial charge on any atom is -0.546 e. The largest absolute Gasteiger partial charge is 0.546 e. The molecule has 0 aliphatic heterocycles. The predicted molar refractivity (Wildman–Crippen MR) is 85.7 cm³/mol. The summed E-state index contributed by atoms with van der Waals surface area (Å²) < 4.78 is 26.3. The van der Waals surface area contributed by atoms with Crippen LogP contribution in [0.5, 0.6) is 0 Å². The Morgan fingerprint density at radius 3 is 1.65 bits per heavy atom. The van der Waals surface area contributed by atoms with E-state index in [9.17, 15) is 23.8 Å². The number of halogens is 5. The maximum absolute atomic E-state index is 13.2. The normalized spacial score (nSPS) is 10.7. The van der Waals surface area contributed by atoms with Crippen molar-refractivity contribution in [2.24, 2.45) is 0 Å². The number of carbonyl (C=O) groups is 1. The first-order chi connectivity index (χ1) is 10.8. The lowest BCUT2D eigenvalue weighted by molar-refractivity contribution is -0.322. The molecule has 2 rings (SSSR count). The van der Waals surface area contributed by atoms with E-state index < -0.39 is 23.2 Å². The smallest absolute Gasteiger partial charge is 0.154 e. The summed E-state index contributed by atoms with van der Waals surface area (Å²) in [4.78, 5) is 11.4. The standard InChI is InChI=1S/C14H8Cl2F2O3.CH3Br/c15-9-5-7(1-3-11(9)17)14(21,13(19)20)8-2-4-12(18)10(16)6-8;1-2/h1-6,21H,(H,19,20);1H3/p-1. The van der Waals surface area contributed by atoms with E-state index in [2.05, 4.69) is 15.9 Å². The summed E-state index contributed by atoms with van der Waals surface area (Å²) in [6.07, 6.45) is 0. The number of rotatable bonds is 3. The van der Waals surface area contributed by atoms with Crippen molar-refractivity contribution in [2.45, 2.75) is 5.60 Å². The number of carbonyl (C=O) groups excluding carboxylic acids is 1. The molecule has 3 nitrogen and oxygen atoms in total. The predicted octanol–water partition coefficient (Wildman–Crippen LogP) is 3.27. The molecule has 0 heterocycles. The number of carboxylic acids is 1. The lowest BCUT2D eigenvalue weighted by atomic mass is 9.86. The number of aliphatic hydroxyl groups is 1. The summed E-state index contributed by atoms with van der Waals surface area (Å²) in [6, 6.07) is 5.77. The van der Waals surface area contributed by atoms with E-state index in [1.54, 1.807) is 0 Å². The molecule has 0 saturated heterocycles. The third kappa shape index (κ3) is 4.01. The Hall–Kier alpha value is -1.21. The number of hydrogen-bond acceptors (Lipinski definition) is 3. The average molecular weight is 427 g/mol. The van der Waals surface area contributed by atoms with Crippen LogP contribution in [0.15, 0.2) is 36.4 Å². The quantitative estimate of drug-likeness (QED) is 0.766. The Kier molecular flexibility index (Phi) is 6.95. The summed E-state index contributed by atoms with van der Waals surface area (Å²) in [5.74, 6) is -1.63. The zero-order valence-electron chi connectivity index (χ0n) is 11.6. The Balaban J connectivity index is 0.00000127. The molecule has 23 heavy (non-hydrogen) atoms. The fourth-order valence-corrected chi connectivity index (χ4v) is 2.21. The highest BCUT2D eigenvalue weighted by Gasteiger charge is 2.34. The maximum atomic E-state index is 13.2. The van der Waals surface area contributed by atoms with Crippen LogP contribution in [0, 0.1) is 11.6 Å². The van der Waals surface area contributed by atoms with Crippen LogP contribution in [0.4, 0.5) is 8.78 Å². The molecule has 0 unspecified atom stereocenters. The number of alkyl halides is 1. The second-order valence-electron chi connectivity index (χ2n) is 4.26. The molecule has 0 aliphatic rings. The van der Waals surface area contributed by atoms with Gasteiger partial charge in [0, 0.05) is 0 Å². The number of aliphatic carboxylic acids is 1. The highest BCUT2D eigenvalue weighted by Crippen LogP contribution is 2.33. The number of carboxylic acid groups (broad SMARTS) is 1. The summed E-state index contributed by atoms with van der Waals surface area (Å²) in [7, 11) is 0. The first-order valence-electron chi connectivity index (χ1n) is 5.99. The number of hydrogen-bond donors (Lipinski definition) is 1. The van der Waals surface area contributed by atoms with Gasteiger partial charge in [0.05, 0.1) is 16.0 Å². The fourth-order valence-electron chi connectivity index (χ4n) is 1.84. The molecule has 0 fully saturated rings. The summed E-state index contributed by atoms with van der Waals surface area (Å²) in [5, 5.41) is 21.1. The Bertz CT molecular complexity index is 674. The fraction of sp³-hybridized carbons (Fsp3) is 0.133. The lowest BCUT2D eigenvalue weighted by Crippen LogP contribution is -2.46. The summed E-state index contributed by atoms with van der Waals surface area (Å²) in [5.41, 5.74) is -3.12. The first kappa shape index (κ1) is 19.8. The Morgan fingerprint density at radius 1 is 1.04 bits per heavy atom. The van der Waals surface area contributed by atoms with E-state index in [1.165, 1.54) is 0 Å². The van der Waals surface area contributed by atoms with Crippen molar-refractivity contribution >= 4 is 45.1 Å². The Morgan fingerprint density at radius 2 is 1.39 bits per heavy atom. The average Bonchev–Trinajstić information content (AvgIpc) is 2.53. The van der Waals surface area contributed by atoms with Crippen LogP contribution in [0.25, 0.3) is 0 Å². The van der Waals surface area contributed by atoms with Gasteiger partial charge in [0.25, 0.3) is 0 Å². The van der Waals surface area contributed by atoms with Crippen molar-refractivity contribution < 1.29 is 23.8 Å². The Labute approximate surface area is 149 Å². The van der Waals surface area contributed by atoms with Gasteiger partial charge in [0.15, 0.2) is 5.60 Å². The zero-order chi connectivity index (χ0) is 17.8. The summed E-state index contributed by atoms with van der Waals surface area (Å²) in [6.45, 7) is 0. The van der Waals surface area contributed by atoms with Crippen molar-refractivity contribution in [1.82, 2.24) is 0 Å².